The monoisotopic (exact) mass is 324 g/mol. The van der Waals surface area contributed by atoms with Crippen molar-refractivity contribution in [3.63, 3.8) is 0 Å². The average molecular weight is 324 g/mol. The Balaban J connectivity index is 1.58. The van der Waals surface area contributed by atoms with E-state index in [4.69, 9.17) is 0 Å². The van der Waals surface area contributed by atoms with Gasteiger partial charge in [0.25, 0.3) is 0 Å². The first-order valence-electron chi connectivity index (χ1n) is 6.94. The highest BCUT2D eigenvalue weighted by Gasteiger charge is 2.19. The largest absolute Gasteiger partial charge is 0.293 e. The molecule has 22 heavy (non-hydrogen) atoms. The lowest BCUT2D eigenvalue weighted by molar-refractivity contribution is 0.102. The van der Waals surface area contributed by atoms with Gasteiger partial charge in [-0.2, -0.15) is 0 Å². The summed E-state index contributed by atoms with van der Waals surface area (Å²) in [6.07, 6.45) is 0.958. The second-order valence-corrected chi connectivity index (χ2v) is 7.18. The van der Waals surface area contributed by atoms with E-state index >= 15 is 0 Å². The molecule has 1 heterocycles. The molecular formula is C17H12N2OS2. The fraction of sp³-hybridized carbons (Fsp3) is 0.118. The summed E-state index contributed by atoms with van der Waals surface area (Å²) in [5, 5.41) is 7.73. The van der Waals surface area contributed by atoms with Crippen LogP contribution in [-0.2, 0) is 6.42 Å². The molecule has 0 fully saturated rings. The lowest BCUT2D eigenvalue weighted by atomic mass is 10.0. The van der Waals surface area contributed by atoms with Crippen LogP contribution in [0.2, 0.25) is 0 Å². The van der Waals surface area contributed by atoms with Gasteiger partial charge >= 0.3 is 0 Å². The molecule has 0 bridgehead atoms. The minimum Gasteiger partial charge on any atom is -0.293 e. The third-order valence-electron chi connectivity index (χ3n) is 3.79. The van der Waals surface area contributed by atoms with Crippen molar-refractivity contribution in [2.45, 2.75) is 10.8 Å². The number of benzene rings is 2. The smallest absolute Gasteiger partial charge is 0.174 e. The molecule has 3 aromatic rings. The van der Waals surface area contributed by atoms with Crippen molar-refractivity contribution in [3.05, 3.63) is 64.7 Å². The number of fused-ring (bicyclic) bond motifs is 3. The Morgan fingerprint density at radius 1 is 1.14 bits per heavy atom. The van der Waals surface area contributed by atoms with Crippen LogP contribution >= 0.6 is 23.1 Å². The minimum atomic E-state index is 0.132. The van der Waals surface area contributed by atoms with Gasteiger partial charge in [0.05, 0.1) is 5.75 Å². The quantitative estimate of drug-likeness (QED) is 0.419. The molecule has 0 N–H and O–H groups in total. The highest BCUT2D eigenvalue weighted by molar-refractivity contribution is 8.01. The first-order chi connectivity index (χ1) is 10.8. The van der Waals surface area contributed by atoms with E-state index in [1.165, 1.54) is 45.4 Å². The number of hydrogen-bond donors (Lipinski definition) is 0. The Kier molecular flexibility index (Phi) is 3.52. The highest BCUT2D eigenvalue weighted by atomic mass is 32.2. The summed E-state index contributed by atoms with van der Waals surface area (Å²) in [7, 11) is 0. The number of Topliss-reactive ketones (excluding diaryl/α,β-unsaturated/α-hetero) is 1. The molecule has 0 saturated carbocycles. The van der Waals surface area contributed by atoms with Crippen molar-refractivity contribution in [3.8, 4) is 11.1 Å². The van der Waals surface area contributed by atoms with Crippen LogP contribution in [-0.4, -0.2) is 21.7 Å². The number of nitrogens with zero attached hydrogens (tertiary/aromatic N) is 2. The van der Waals surface area contributed by atoms with Gasteiger partial charge in [-0.25, -0.2) is 0 Å². The van der Waals surface area contributed by atoms with E-state index in [-0.39, 0.29) is 5.78 Å². The van der Waals surface area contributed by atoms with E-state index in [0.717, 1.165) is 16.3 Å². The third kappa shape index (κ3) is 2.46. The maximum absolute atomic E-state index is 12.4. The fourth-order valence-corrected chi connectivity index (χ4v) is 4.12. The SMILES string of the molecule is O=C(CSc1nncs1)c1ccc2c(c1)-c1ccccc1C2. The summed E-state index contributed by atoms with van der Waals surface area (Å²) in [5.41, 5.74) is 7.54. The number of carbonyl (C=O) groups is 1. The fourth-order valence-electron chi connectivity index (χ4n) is 2.73. The number of hydrogen-bond acceptors (Lipinski definition) is 5. The van der Waals surface area contributed by atoms with Gasteiger partial charge in [0.2, 0.25) is 0 Å². The molecule has 0 aliphatic heterocycles. The zero-order chi connectivity index (χ0) is 14.9. The van der Waals surface area contributed by atoms with E-state index in [9.17, 15) is 4.79 Å². The first kappa shape index (κ1) is 13.7. The molecule has 5 heteroatoms. The van der Waals surface area contributed by atoms with Gasteiger partial charge in [0.15, 0.2) is 10.1 Å². The van der Waals surface area contributed by atoms with Crippen LogP contribution in [0.15, 0.2) is 52.3 Å². The van der Waals surface area contributed by atoms with E-state index in [0.29, 0.717) is 5.75 Å². The Morgan fingerprint density at radius 3 is 2.86 bits per heavy atom. The standard InChI is InChI=1S/C17H12N2OS2/c20-16(9-21-17-19-18-10-22-17)13-6-5-12-7-11-3-1-2-4-14(11)15(12)8-13/h1-6,8,10H,7,9H2. The maximum atomic E-state index is 12.4. The molecular weight excluding hydrogens is 312 g/mol. The molecule has 1 aliphatic carbocycles. The van der Waals surface area contributed by atoms with Crippen molar-refractivity contribution in [2.24, 2.45) is 0 Å². The summed E-state index contributed by atoms with van der Waals surface area (Å²) < 4.78 is 0.833. The van der Waals surface area contributed by atoms with Gasteiger partial charge in [-0.1, -0.05) is 59.5 Å². The van der Waals surface area contributed by atoms with Crippen molar-refractivity contribution in [1.29, 1.82) is 0 Å². The van der Waals surface area contributed by atoms with Crippen LogP contribution in [0.3, 0.4) is 0 Å². The predicted octanol–water partition coefficient (Wildman–Crippen LogP) is 4.08. The number of ketones is 1. The number of aromatic nitrogens is 2. The summed E-state index contributed by atoms with van der Waals surface area (Å²) in [6.45, 7) is 0. The van der Waals surface area contributed by atoms with Crippen molar-refractivity contribution < 1.29 is 4.79 Å². The van der Waals surface area contributed by atoms with E-state index < -0.39 is 0 Å². The second kappa shape index (κ2) is 5.66. The molecule has 0 atom stereocenters. The third-order valence-corrected chi connectivity index (χ3v) is 5.65. The molecule has 1 aromatic heterocycles. The van der Waals surface area contributed by atoms with Gasteiger partial charge in [0, 0.05) is 5.56 Å². The van der Waals surface area contributed by atoms with Gasteiger partial charge in [-0.3, -0.25) is 4.79 Å². The molecule has 3 nitrogen and oxygen atoms in total. The van der Waals surface area contributed by atoms with Crippen LogP contribution < -0.4 is 0 Å². The average Bonchev–Trinajstić information content (AvgIpc) is 3.19. The van der Waals surface area contributed by atoms with Crippen molar-refractivity contribution in [1.82, 2.24) is 10.2 Å². The molecule has 108 valence electrons. The summed E-state index contributed by atoms with van der Waals surface area (Å²) >= 11 is 2.90. The molecule has 4 rings (SSSR count). The second-order valence-electron chi connectivity index (χ2n) is 5.12. The normalized spacial score (nSPS) is 12.0. The summed E-state index contributed by atoms with van der Waals surface area (Å²) in [5.74, 6) is 0.530. The van der Waals surface area contributed by atoms with Gasteiger partial charge in [-0.15, -0.1) is 10.2 Å². The number of carbonyl (C=O) groups excluding carboxylic acids is 1. The Hall–Kier alpha value is -1.98. The van der Waals surface area contributed by atoms with Crippen molar-refractivity contribution >= 4 is 28.9 Å². The Morgan fingerprint density at radius 2 is 2.00 bits per heavy atom. The number of thioether (sulfide) groups is 1. The molecule has 0 saturated heterocycles. The van der Waals surface area contributed by atoms with Crippen LogP contribution in [0.1, 0.15) is 21.5 Å². The molecule has 1 aliphatic rings. The van der Waals surface area contributed by atoms with Crippen LogP contribution in [0.5, 0.6) is 0 Å². The van der Waals surface area contributed by atoms with Crippen LogP contribution in [0, 0.1) is 0 Å². The van der Waals surface area contributed by atoms with Crippen LogP contribution in [0.4, 0.5) is 0 Å². The summed E-state index contributed by atoms with van der Waals surface area (Å²) in [6, 6.07) is 14.5. The van der Waals surface area contributed by atoms with E-state index in [1.807, 2.05) is 18.2 Å². The maximum Gasteiger partial charge on any atom is 0.174 e. The summed E-state index contributed by atoms with van der Waals surface area (Å²) in [4.78, 5) is 12.4. The van der Waals surface area contributed by atoms with Crippen LogP contribution in [0.25, 0.3) is 11.1 Å². The lowest BCUT2D eigenvalue weighted by Crippen LogP contribution is -2.02. The van der Waals surface area contributed by atoms with Gasteiger partial charge < -0.3 is 0 Å². The van der Waals surface area contributed by atoms with Gasteiger partial charge in [-0.05, 0) is 34.7 Å². The molecule has 0 spiro atoms. The molecule has 0 unspecified atom stereocenters. The zero-order valence-corrected chi connectivity index (χ0v) is 13.3. The molecule has 0 amide bonds. The number of rotatable bonds is 4. The minimum absolute atomic E-state index is 0.132. The lowest BCUT2D eigenvalue weighted by Gasteiger charge is -2.04. The molecule has 2 aromatic carbocycles. The predicted molar refractivity (Wildman–Crippen MR) is 89.6 cm³/mol. The van der Waals surface area contributed by atoms with E-state index in [1.54, 1.807) is 5.51 Å². The Labute approximate surface area is 136 Å². The zero-order valence-electron chi connectivity index (χ0n) is 11.7. The first-order valence-corrected chi connectivity index (χ1v) is 8.81. The highest BCUT2D eigenvalue weighted by Crippen LogP contribution is 2.37. The van der Waals surface area contributed by atoms with Crippen molar-refractivity contribution in [2.75, 3.05) is 5.75 Å². The topological polar surface area (TPSA) is 42.9 Å². The Bertz CT molecular complexity index is 844. The van der Waals surface area contributed by atoms with Gasteiger partial charge in [0.1, 0.15) is 5.51 Å². The van der Waals surface area contributed by atoms with E-state index in [2.05, 4.69) is 34.5 Å². The molecule has 0 radical (unpaired) electrons.